The molecule has 0 fully saturated rings. The molecule has 4 aromatic rings. The van der Waals surface area contributed by atoms with Crippen LogP contribution in [0.1, 0.15) is 57.4 Å². The number of aryl methyl sites for hydroxylation is 2. The van der Waals surface area contributed by atoms with Gasteiger partial charge in [-0.05, 0) is 36.6 Å². The Morgan fingerprint density at radius 3 is 2.31 bits per heavy atom. The largest absolute Gasteiger partial charge is 0.467 e. The van der Waals surface area contributed by atoms with E-state index in [-0.39, 0.29) is 18.2 Å². The lowest BCUT2D eigenvalue weighted by Gasteiger charge is -2.21. The zero-order valence-corrected chi connectivity index (χ0v) is 21.0. The monoisotopic (exact) mass is 495 g/mol. The fourth-order valence-electron chi connectivity index (χ4n) is 4.28. The topological polar surface area (TPSA) is 119 Å². The predicted octanol–water partition coefficient (Wildman–Crippen LogP) is 3.69. The Hall–Kier alpha value is -3.82. The zero-order valence-electron chi connectivity index (χ0n) is 21.0. The van der Waals surface area contributed by atoms with Gasteiger partial charge in [0.05, 0.1) is 25.6 Å². The Labute approximate surface area is 208 Å². The first-order valence-corrected chi connectivity index (χ1v) is 12.4. The third kappa shape index (κ3) is 5.69. The predicted molar refractivity (Wildman–Crippen MR) is 134 cm³/mol. The lowest BCUT2D eigenvalue weighted by molar-refractivity contribution is -0.133. The first-order valence-electron chi connectivity index (χ1n) is 12.4. The van der Waals surface area contributed by atoms with E-state index >= 15 is 0 Å². The van der Waals surface area contributed by atoms with Gasteiger partial charge < -0.3 is 18.3 Å². The van der Waals surface area contributed by atoms with Crippen LogP contribution >= 0.6 is 0 Å². The third-order valence-corrected chi connectivity index (χ3v) is 6.02. The van der Waals surface area contributed by atoms with E-state index in [1.165, 1.54) is 4.57 Å². The van der Waals surface area contributed by atoms with Crippen molar-refractivity contribution in [3.63, 3.8) is 0 Å². The minimum absolute atomic E-state index is 0.0942. The molecule has 0 bridgehead atoms. The molecule has 36 heavy (non-hydrogen) atoms. The molecule has 0 spiro atoms. The van der Waals surface area contributed by atoms with E-state index in [1.54, 1.807) is 29.6 Å². The standard InChI is InChI=1S/C26H33N5O5/c1-4-5-12-30-24-23(25(33)28-26(30)34)31(15-18(2)3)21(27-24)10-11-22(32)29(16-19-8-6-13-35-19)17-20-9-7-14-36-20/h6-9,13-14,18H,4-5,10-12,15-17H2,1-3H3,(H,28,33,34). The van der Waals surface area contributed by atoms with Gasteiger partial charge in [-0.2, -0.15) is 0 Å². The van der Waals surface area contributed by atoms with Crippen molar-refractivity contribution < 1.29 is 13.6 Å². The van der Waals surface area contributed by atoms with Crippen molar-refractivity contribution in [1.29, 1.82) is 0 Å². The van der Waals surface area contributed by atoms with E-state index in [2.05, 4.69) is 18.8 Å². The number of carbonyl (C=O) groups is 1. The number of unbranched alkanes of at least 4 members (excludes halogenated alkanes) is 1. The van der Waals surface area contributed by atoms with Crippen LogP contribution in [0.25, 0.3) is 11.2 Å². The number of aromatic amines is 1. The summed E-state index contributed by atoms with van der Waals surface area (Å²) in [6.45, 7) is 7.79. The molecule has 10 nitrogen and oxygen atoms in total. The summed E-state index contributed by atoms with van der Waals surface area (Å²) in [7, 11) is 0. The number of carbonyl (C=O) groups excluding carboxylic acids is 1. The number of rotatable bonds is 12. The molecule has 1 amide bonds. The summed E-state index contributed by atoms with van der Waals surface area (Å²) in [6.07, 6.45) is 5.36. The molecule has 0 aliphatic rings. The molecule has 0 aromatic carbocycles. The van der Waals surface area contributed by atoms with E-state index in [1.807, 2.05) is 23.6 Å². The van der Waals surface area contributed by atoms with Crippen molar-refractivity contribution in [1.82, 2.24) is 24.0 Å². The van der Waals surface area contributed by atoms with Gasteiger partial charge >= 0.3 is 5.69 Å². The van der Waals surface area contributed by atoms with Gasteiger partial charge in [0.15, 0.2) is 11.2 Å². The Kier molecular flexibility index (Phi) is 7.92. The molecule has 0 aliphatic carbocycles. The maximum Gasteiger partial charge on any atom is 0.330 e. The number of aromatic nitrogens is 4. The summed E-state index contributed by atoms with van der Waals surface area (Å²) in [5.41, 5.74) is -0.153. The number of imidazole rings is 1. The molecule has 4 rings (SSSR count). The van der Waals surface area contributed by atoms with Gasteiger partial charge in [0.1, 0.15) is 17.3 Å². The molecule has 0 unspecified atom stereocenters. The van der Waals surface area contributed by atoms with Crippen LogP contribution in [0.4, 0.5) is 0 Å². The molecular formula is C26H33N5O5. The maximum absolute atomic E-state index is 13.3. The van der Waals surface area contributed by atoms with Crippen LogP contribution in [-0.4, -0.2) is 29.9 Å². The van der Waals surface area contributed by atoms with Crippen LogP contribution in [0.15, 0.2) is 55.2 Å². The highest BCUT2D eigenvalue weighted by Crippen LogP contribution is 2.18. The Balaban J connectivity index is 1.63. The van der Waals surface area contributed by atoms with Gasteiger partial charge in [0, 0.05) is 25.9 Å². The first kappa shape index (κ1) is 25.3. The molecule has 0 atom stereocenters. The van der Waals surface area contributed by atoms with Crippen molar-refractivity contribution in [3.05, 3.63) is 75.0 Å². The Bertz CT molecular complexity index is 1360. The summed E-state index contributed by atoms with van der Waals surface area (Å²) in [4.78, 5) is 47.5. The van der Waals surface area contributed by atoms with Crippen molar-refractivity contribution in [3.8, 4) is 0 Å². The van der Waals surface area contributed by atoms with Crippen molar-refractivity contribution in [2.75, 3.05) is 0 Å². The maximum atomic E-state index is 13.3. The van der Waals surface area contributed by atoms with Crippen LogP contribution in [0.3, 0.4) is 0 Å². The van der Waals surface area contributed by atoms with Gasteiger partial charge in [-0.3, -0.25) is 19.1 Å². The number of H-pyrrole nitrogens is 1. The van der Waals surface area contributed by atoms with Crippen LogP contribution in [-0.2, 0) is 37.4 Å². The van der Waals surface area contributed by atoms with E-state index in [4.69, 9.17) is 13.8 Å². The van der Waals surface area contributed by atoms with Crippen molar-refractivity contribution in [2.24, 2.45) is 5.92 Å². The second-order valence-electron chi connectivity index (χ2n) is 9.38. The fraction of sp³-hybridized carbons (Fsp3) is 0.462. The summed E-state index contributed by atoms with van der Waals surface area (Å²) in [6, 6.07) is 7.22. The number of furan rings is 2. The van der Waals surface area contributed by atoms with E-state index in [0.29, 0.717) is 61.1 Å². The Morgan fingerprint density at radius 2 is 1.75 bits per heavy atom. The number of nitrogens with one attached hydrogen (secondary N) is 1. The summed E-state index contributed by atoms with van der Waals surface area (Å²) >= 11 is 0. The first-order chi connectivity index (χ1) is 17.4. The van der Waals surface area contributed by atoms with Crippen molar-refractivity contribution in [2.45, 2.75) is 72.6 Å². The van der Waals surface area contributed by atoms with Crippen LogP contribution in [0.2, 0.25) is 0 Å². The lowest BCUT2D eigenvalue weighted by atomic mass is 10.2. The van der Waals surface area contributed by atoms with E-state index < -0.39 is 11.2 Å². The molecule has 4 heterocycles. The quantitative estimate of drug-likeness (QED) is 0.320. The normalized spacial score (nSPS) is 11.6. The molecule has 1 N–H and O–H groups in total. The average Bonchev–Trinajstić information content (AvgIpc) is 3.59. The number of fused-ring (bicyclic) bond motifs is 1. The summed E-state index contributed by atoms with van der Waals surface area (Å²) < 4.78 is 14.3. The van der Waals surface area contributed by atoms with Crippen molar-refractivity contribution >= 4 is 17.1 Å². The van der Waals surface area contributed by atoms with E-state index in [9.17, 15) is 14.4 Å². The molecule has 0 radical (unpaired) electrons. The number of amides is 1. The van der Waals surface area contributed by atoms with Gasteiger partial charge in [-0.1, -0.05) is 27.2 Å². The van der Waals surface area contributed by atoms with E-state index in [0.717, 1.165) is 12.8 Å². The van der Waals surface area contributed by atoms with Gasteiger partial charge in [-0.25, -0.2) is 9.78 Å². The fourth-order valence-corrected chi connectivity index (χ4v) is 4.28. The number of hydrogen-bond donors (Lipinski definition) is 1. The van der Waals surface area contributed by atoms with Gasteiger partial charge in [-0.15, -0.1) is 0 Å². The molecule has 0 saturated carbocycles. The third-order valence-electron chi connectivity index (χ3n) is 6.02. The molecule has 0 saturated heterocycles. The lowest BCUT2D eigenvalue weighted by Crippen LogP contribution is -2.31. The van der Waals surface area contributed by atoms with Crippen LogP contribution in [0.5, 0.6) is 0 Å². The molecule has 10 heteroatoms. The second-order valence-corrected chi connectivity index (χ2v) is 9.38. The van der Waals surface area contributed by atoms with Crippen LogP contribution < -0.4 is 11.2 Å². The minimum Gasteiger partial charge on any atom is -0.467 e. The molecule has 4 aromatic heterocycles. The second kappa shape index (κ2) is 11.3. The number of nitrogens with zero attached hydrogens (tertiary/aromatic N) is 4. The van der Waals surface area contributed by atoms with Gasteiger partial charge in [0.2, 0.25) is 5.91 Å². The van der Waals surface area contributed by atoms with Gasteiger partial charge in [0.25, 0.3) is 5.56 Å². The average molecular weight is 496 g/mol. The highest BCUT2D eigenvalue weighted by Gasteiger charge is 2.22. The minimum atomic E-state index is -0.458. The number of hydrogen-bond acceptors (Lipinski definition) is 6. The molecular weight excluding hydrogens is 462 g/mol. The highest BCUT2D eigenvalue weighted by atomic mass is 16.3. The zero-order chi connectivity index (χ0) is 25.7. The molecule has 192 valence electrons. The highest BCUT2D eigenvalue weighted by molar-refractivity contribution is 5.76. The summed E-state index contributed by atoms with van der Waals surface area (Å²) in [5, 5.41) is 0. The SMILES string of the molecule is CCCCn1c(=O)[nH]c(=O)c2c1nc(CCC(=O)N(Cc1ccco1)Cc1ccco1)n2CC(C)C. The summed E-state index contributed by atoms with van der Waals surface area (Å²) in [5.74, 6) is 2.11. The smallest absolute Gasteiger partial charge is 0.330 e. The van der Waals surface area contributed by atoms with Crippen LogP contribution in [0, 0.1) is 5.92 Å². The molecule has 0 aliphatic heterocycles. The Morgan fingerprint density at radius 1 is 1.08 bits per heavy atom.